The predicted octanol–water partition coefficient (Wildman–Crippen LogP) is 3.60. The molecular weight excluding hydrogens is 398 g/mol. The summed E-state index contributed by atoms with van der Waals surface area (Å²) in [5.41, 5.74) is 1.92. The fraction of sp³-hybridized carbons (Fsp3) is 0.316. The highest BCUT2D eigenvalue weighted by molar-refractivity contribution is 7.99. The van der Waals surface area contributed by atoms with Crippen LogP contribution in [0.2, 0.25) is 5.02 Å². The Kier molecular flexibility index (Phi) is 7.53. The zero-order valence-corrected chi connectivity index (χ0v) is 17.3. The van der Waals surface area contributed by atoms with Crippen molar-refractivity contribution in [3.63, 3.8) is 0 Å². The molecule has 7 nitrogen and oxygen atoms in total. The highest BCUT2D eigenvalue weighted by atomic mass is 35.5. The Morgan fingerprint density at radius 2 is 1.96 bits per heavy atom. The van der Waals surface area contributed by atoms with E-state index in [2.05, 4.69) is 20.8 Å². The highest BCUT2D eigenvalue weighted by Crippen LogP contribution is 2.34. The van der Waals surface area contributed by atoms with E-state index in [4.69, 9.17) is 21.1 Å². The van der Waals surface area contributed by atoms with Gasteiger partial charge in [-0.2, -0.15) is 4.68 Å². The summed E-state index contributed by atoms with van der Waals surface area (Å²) >= 11 is 7.79. The topological polar surface area (TPSA) is 74.1 Å². The maximum absolute atomic E-state index is 6.15. The fourth-order valence-corrected chi connectivity index (χ4v) is 3.78. The van der Waals surface area contributed by atoms with Gasteiger partial charge >= 0.3 is 0 Å². The van der Waals surface area contributed by atoms with Gasteiger partial charge in [-0.15, -0.1) is 5.10 Å². The molecule has 3 aromatic rings. The minimum atomic E-state index is 0.623. The van der Waals surface area contributed by atoms with Crippen LogP contribution >= 0.6 is 23.4 Å². The van der Waals surface area contributed by atoms with Crippen LogP contribution in [-0.4, -0.2) is 46.7 Å². The van der Waals surface area contributed by atoms with Crippen molar-refractivity contribution in [1.82, 2.24) is 25.5 Å². The number of tetrazole rings is 1. The highest BCUT2D eigenvalue weighted by Gasteiger charge is 2.12. The Balaban J connectivity index is 1.47. The maximum atomic E-state index is 6.15. The quantitative estimate of drug-likeness (QED) is 0.397. The van der Waals surface area contributed by atoms with Crippen LogP contribution < -0.4 is 14.8 Å². The molecule has 1 heterocycles. The van der Waals surface area contributed by atoms with Crippen LogP contribution in [-0.2, 0) is 6.54 Å². The first kappa shape index (κ1) is 20.4. The van der Waals surface area contributed by atoms with Crippen LogP contribution in [0.1, 0.15) is 12.0 Å². The lowest BCUT2D eigenvalue weighted by Crippen LogP contribution is -2.16. The van der Waals surface area contributed by atoms with E-state index < -0.39 is 0 Å². The van der Waals surface area contributed by atoms with Crippen molar-refractivity contribution in [2.24, 2.45) is 0 Å². The van der Waals surface area contributed by atoms with E-state index in [1.165, 1.54) is 0 Å². The second kappa shape index (κ2) is 10.3. The van der Waals surface area contributed by atoms with Crippen molar-refractivity contribution in [3.8, 4) is 17.2 Å². The lowest BCUT2D eigenvalue weighted by molar-refractivity contribution is 0.350. The number of halogens is 1. The number of methoxy groups -OCH3 is 2. The molecule has 28 heavy (non-hydrogen) atoms. The van der Waals surface area contributed by atoms with E-state index in [1.54, 1.807) is 36.7 Å². The predicted molar refractivity (Wildman–Crippen MR) is 111 cm³/mol. The molecule has 2 aromatic carbocycles. The normalized spacial score (nSPS) is 10.8. The number of aromatic nitrogens is 4. The third-order valence-corrected chi connectivity index (χ3v) is 5.23. The van der Waals surface area contributed by atoms with Gasteiger partial charge in [0.2, 0.25) is 5.16 Å². The average Bonchev–Trinajstić information content (AvgIpc) is 3.19. The average molecular weight is 420 g/mol. The van der Waals surface area contributed by atoms with Gasteiger partial charge in [0.05, 0.1) is 19.9 Å². The van der Waals surface area contributed by atoms with E-state index >= 15 is 0 Å². The first-order chi connectivity index (χ1) is 13.7. The minimum Gasteiger partial charge on any atom is -0.493 e. The molecule has 1 N–H and O–H groups in total. The first-order valence-corrected chi connectivity index (χ1v) is 10.2. The van der Waals surface area contributed by atoms with E-state index in [1.807, 2.05) is 36.4 Å². The monoisotopic (exact) mass is 419 g/mol. The maximum Gasteiger partial charge on any atom is 0.214 e. The smallest absolute Gasteiger partial charge is 0.214 e. The van der Waals surface area contributed by atoms with Crippen LogP contribution in [0.3, 0.4) is 0 Å². The largest absolute Gasteiger partial charge is 0.493 e. The molecule has 0 bridgehead atoms. The summed E-state index contributed by atoms with van der Waals surface area (Å²) < 4.78 is 12.5. The third-order valence-electron chi connectivity index (χ3n) is 4.01. The molecule has 0 aliphatic carbocycles. The second-order valence-electron chi connectivity index (χ2n) is 5.89. The minimum absolute atomic E-state index is 0.623. The fourth-order valence-electron chi connectivity index (χ4n) is 2.72. The molecular formula is C19H22ClN5O2S. The molecule has 9 heteroatoms. The summed E-state index contributed by atoms with van der Waals surface area (Å²) in [5, 5.41) is 16.8. The van der Waals surface area contributed by atoms with Crippen LogP contribution in [0.4, 0.5) is 0 Å². The summed E-state index contributed by atoms with van der Waals surface area (Å²) in [5.74, 6) is 2.24. The first-order valence-electron chi connectivity index (χ1n) is 8.80. The number of para-hydroxylation sites is 1. The SMILES string of the molecule is COc1cc(Cl)cc(CNCCCSc2nnnn2-c2ccccc2)c1OC. The van der Waals surface area contributed by atoms with Gasteiger partial charge < -0.3 is 14.8 Å². The van der Waals surface area contributed by atoms with E-state index in [-0.39, 0.29) is 0 Å². The number of benzene rings is 2. The van der Waals surface area contributed by atoms with Crippen LogP contribution in [0.5, 0.6) is 11.5 Å². The van der Waals surface area contributed by atoms with Gasteiger partial charge in [0.25, 0.3) is 0 Å². The second-order valence-corrected chi connectivity index (χ2v) is 7.39. The number of ether oxygens (including phenoxy) is 2. The van der Waals surface area contributed by atoms with Crippen molar-refractivity contribution >= 4 is 23.4 Å². The molecule has 0 aliphatic rings. The molecule has 1 aromatic heterocycles. The molecule has 0 amide bonds. The Bertz CT molecular complexity index is 891. The molecule has 0 saturated carbocycles. The van der Waals surface area contributed by atoms with Gasteiger partial charge in [-0.05, 0) is 41.6 Å². The van der Waals surface area contributed by atoms with Crippen molar-refractivity contribution in [3.05, 3.63) is 53.1 Å². The van der Waals surface area contributed by atoms with E-state index in [0.717, 1.165) is 35.1 Å². The standard InChI is InChI=1S/C19H22ClN5O2S/c1-26-17-12-15(20)11-14(18(17)27-2)13-21-9-6-10-28-19-22-23-24-25(19)16-7-4-3-5-8-16/h3-5,7-8,11-12,21H,6,9-10,13H2,1-2H3. The number of nitrogens with one attached hydrogen (secondary N) is 1. The van der Waals surface area contributed by atoms with Crippen molar-refractivity contribution in [2.75, 3.05) is 26.5 Å². The Morgan fingerprint density at radius 3 is 2.71 bits per heavy atom. The lowest BCUT2D eigenvalue weighted by atomic mass is 10.2. The van der Waals surface area contributed by atoms with E-state index in [0.29, 0.717) is 23.1 Å². The summed E-state index contributed by atoms with van der Waals surface area (Å²) in [4.78, 5) is 0. The summed E-state index contributed by atoms with van der Waals surface area (Å²) in [6.07, 6.45) is 0.965. The molecule has 148 valence electrons. The molecule has 0 unspecified atom stereocenters. The Labute approximate surface area is 173 Å². The Hall–Kier alpha value is -2.29. The van der Waals surface area contributed by atoms with Crippen molar-refractivity contribution < 1.29 is 9.47 Å². The van der Waals surface area contributed by atoms with Gasteiger partial charge in [0, 0.05) is 29.0 Å². The van der Waals surface area contributed by atoms with Gasteiger partial charge in [-0.1, -0.05) is 41.6 Å². The number of hydrogen-bond acceptors (Lipinski definition) is 7. The molecule has 0 aliphatic heterocycles. The Morgan fingerprint density at radius 1 is 1.14 bits per heavy atom. The number of thioether (sulfide) groups is 1. The molecule has 3 rings (SSSR count). The van der Waals surface area contributed by atoms with Crippen LogP contribution in [0.25, 0.3) is 5.69 Å². The summed E-state index contributed by atoms with van der Waals surface area (Å²) in [6.45, 7) is 1.49. The van der Waals surface area contributed by atoms with E-state index in [9.17, 15) is 0 Å². The molecule has 0 fully saturated rings. The summed E-state index contributed by atoms with van der Waals surface area (Å²) in [7, 11) is 3.23. The number of hydrogen-bond donors (Lipinski definition) is 1. The molecule has 0 spiro atoms. The third kappa shape index (κ3) is 5.15. The van der Waals surface area contributed by atoms with Gasteiger partial charge in [0.1, 0.15) is 0 Å². The van der Waals surface area contributed by atoms with Crippen LogP contribution in [0.15, 0.2) is 47.6 Å². The zero-order chi connectivity index (χ0) is 19.8. The lowest BCUT2D eigenvalue weighted by Gasteiger charge is -2.14. The molecule has 0 radical (unpaired) electrons. The number of nitrogens with zero attached hydrogens (tertiary/aromatic N) is 4. The van der Waals surface area contributed by atoms with Gasteiger partial charge in [-0.25, -0.2) is 0 Å². The zero-order valence-electron chi connectivity index (χ0n) is 15.8. The van der Waals surface area contributed by atoms with Gasteiger partial charge in [0.15, 0.2) is 11.5 Å². The van der Waals surface area contributed by atoms with Crippen LogP contribution in [0, 0.1) is 0 Å². The van der Waals surface area contributed by atoms with Crippen molar-refractivity contribution in [1.29, 1.82) is 0 Å². The summed E-state index contributed by atoms with van der Waals surface area (Å²) in [6, 6.07) is 13.5. The van der Waals surface area contributed by atoms with Crippen molar-refractivity contribution in [2.45, 2.75) is 18.1 Å². The van der Waals surface area contributed by atoms with Gasteiger partial charge in [-0.3, -0.25) is 0 Å². The molecule has 0 atom stereocenters. The molecule has 0 saturated heterocycles. The number of rotatable bonds is 10.